The van der Waals surface area contributed by atoms with Gasteiger partial charge in [0, 0.05) is 91.1 Å². The predicted octanol–water partition coefficient (Wildman–Crippen LogP) is 4.76. The fourth-order valence-electron chi connectivity index (χ4n) is 17.4. The number of nitrogens with one attached hydrogen (secondary N) is 5. The Morgan fingerprint density at radius 2 is 1.57 bits per heavy atom. The van der Waals surface area contributed by atoms with Gasteiger partial charge in [0.2, 0.25) is 17.7 Å². The van der Waals surface area contributed by atoms with Crippen LogP contribution >= 0.6 is 11.3 Å². The number of thiazole rings is 1. The first-order chi connectivity index (χ1) is 55.8. The largest absolute Gasteiger partial charge is 0.481 e. The fraction of sp³-hybridized carbons (Fsp3) is 0.500. The second-order valence-electron chi connectivity index (χ2n) is 31.2. The number of benzene rings is 2. The summed E-state index contributed by atoms with van der Waals surface area (Å²) in [6, 6.07) is 12.9. The van der Waals surface area contributed by atoms with E-state index >= 15 is 0 Å². The number of hydrogen-bond donors (Lipinski definition) is 13. The predicted molar refractivity (Wildman–Crippen MR) is 424 cm³/mol. The van der Waals surface area contributed by atoms with Crippen LogP contribution in [0.5, 0.6) is 0 Å². The minimum Gasteiger partial charge on any atom is -0.481 e. The Bertz CT molecular complexity index is 4700. The Balaban J connectivity index is 0.760. The van der Waals surface area contributed by atoms with E-state index in [2.05, 4.69) is 50.6 Å². The number of fused-ring (bicyclic) bond motifs is 2. The highest BCUT2D eigenvalue weighted by molar-refractivity contribution is 7.22. The van der Waals surface area contributed by atoms with Gasteiger partial charge in [-0.25, -0.2) is 35.0 Å². The molecule has 12 rings (SSSR count). The maximum atomic E-state index is 14.5. The second kappa shape index (κ2) is 38.1. The number of amides is 9. The average molecular weight is 1640 g/mol. The maximum Gasteiger partial charge on any atom is 0.410 e. The molecule has 4 fully saturated rings. The number of aliphatic carboxylic acids is 1. The van der Waals surface area contributed by atoms with Gasteiger partial charge < -0.3 is 103 Å². The zero-order valence-corrected chi connectivity index (χ0v) is 66.5. The van der Waals surface area contributed by atoms with Gasteiger partial charge >= 0.3 is 30.2 Å². The summed E-state index contributed by atoms with van der Waals surface area (Å²) in [4.78, 5) is 140. The topological polar surface area (TPSA) is 544 Å². The molecule has 2 aromatic carbocycles. The molecule has 6 aliphatic rings. The van der Waals surface area contributed by atoms with Gasteiger partial charge in [-0.2, -0.15) is 5.10 Å². The number of urea groups is 1. The van der Waals surface area contributed by atoms with Gasteiger partial charge in [-0.1, -0.05) is 43.4 Å². The molecule has 17 N–H and O–H groups in total. The van der Waals surface area contributed by atoms with E-state index in [-0.39, 0.29) is 125 Å². The molecule has 4 aromatic heterocycles. The van der Waals surface area contributed by atoms with E-state index < -0.39 is 110 Å². The number of anilines is 5. The lowest BCUT2D eigenvalue weighted by molar-refractivity contribution is -0.248. The molecular formula is C78H101N19O19S. The summed E-state index contributed by atoms with van der Waals surface area (Å²) < 4.78 is 32.4. The summed E-state index contributed by atoms with van der Waals surface area (Å²) in [5.41, 5.74) is 20.8. The number of nitrogens with zero attached hydrogens (tertiary/aromatic N) is 10. The van der Waals surface area contributed by atoms with Gasteiger partial charge in [0.05, 0.1) is 99.0 Å². The van der Waals surface area contributed by atoms with E-state index in [9.17, 15) is 68.4 Å². The van der Waals surface area contributed by atoms with Crippen LogP contribution in [-0.4, -0.2) is 228 Å². The third kappa shape index (κ3) is 22.4. The Morgan fingerprint density at radius 1 is 0.812 bits per heavy atom. The first-order valence-corrected chi connectivity index (χ1v) is 39.3. The minimum absolute atomic E-state index is 0.0124. The van der Waals surface area contributed by atoms with Crippen molar-refractivity contribution in [1.29, 1.82) is 0 Å². The van der Waals surface area contributed by atoms with Crippen LogP contribution in [0, 0.1) is 30.1 Å². The number of aliphatic hydroxyl groups excluding tert-OH is 2. The van der Waals surface area contributed by atoms with Crippen molar-refractivity contribution in [2.45, 2.75) is 155 Å². The number of aliphatic hydroxyl groups is 2. The molecule has 628 valence electrons. The normalized spacial score (nSPS) is 20.0. The second-order valence-corrected chi connectivity index (χ2v) is 32.3. The van der Waals surface area contributed by atoms with Crippen molar-refractivity contribution >= 4 is 110 Å². The van der Waals surface area contributed by atoms with Crippen LogP contribution in [0.15, 0.2) is 84.8 Å². The number of carbonyl (C=O) groups excluding carboxylic acids is 8. The van der Waals surface area contributed by atoms with E-state index in [1.165, 1.54) is 34.6 Å². The van der Waals surface area contributed by atoms with Crippen LogP contribution < -0.4 is 54.5 Å². The number of imide groups is 1. The van der Waals surface area contributed by atoms with Crippen molar-refractivity contribution in [2.24, 2.45) is 39.3 Å². The van der Waals surface area contributed by atoms with E-state index in [1.807, 2.05) is 53.8 Å². The third-order valence-electron chi connectivity index (χ3n) is 21.6. The van der Waals surface area contributed by atoms with Gasteiger partial charge in [0.1, 0.15) is 25.1 Å². The van der Waals surface area contributed by atoms with E-state index in [0.29, 0.717) is 64.3 Å². The molecule has 0 spiro atoms. The maximum absolute atomic E-state index is 14.5. The molecule has 2 aliphatic heterocycles. The first kappa shape index (κ1) is 86.4. The molecule has 39 heteroatoms. The molecular weight excluding hydrogens is 1540 g/mol. The zero-order valence-electron chi connectivity index (χ0n) is 65.6. The quantitative estimate of drug-likeness (QED) is 0.0106. The number of carboxylic acid groups (broad SMARTS) is 2. The molecule has 4 bridgehead atoms. The number of para-hydroxylation sites is 1. The molecule has 0 radical (unpaired) electrons. The van der Waals surface area contributed by atoms with E-state index in [0.717, 1.165) is 94.0 Å². The Kier molecular flexibility index (Phi) is 28.1. The van der Waals surface area contributed by atoms with E-state index in [4.69, 9.17) is 61.8 Å². The SMILES string of the molecule is Cc1c(Nc2nc3ccccc3s2)nnc2c1CCCN2c1ccc(-c2cnn(CC34CC5(C)CC(C)(C3)CC(OCCN(CC[C@H](O)CO)C(=O)OCc3ccc(NC(=O)[C@H](CCCNC(N)=O)NC(=O)CNC(=O)CCOCCN6C(=O)C=CC6=O)cc3COC/C(N)=C/N(N)[C@H](COC(N)=O)CC(=O)O)(C5)C4)c2C)c(C(=O)O)n1. The number of hydrazine groups is 1. The molecule has 38 nitrogen and oxygen atoms in total. The lowest BCUT2D eigenvalue weighted by Crippen LogP contribution is -2.64. The summed E-state index contributed by atoms with van der Waals surface area (Å²) in [5.74, 6) is 2.28. The summed E-state index contributed by atoms with van der Waals surface area (Å²) in [6.45, 7) is 6.87. The number of carbonyl (C=O) groups is 10. The monoisotopic (exact) mass is 1640 g/mol. The summed E-state index contributed by atoms with van der Waals surface area (Å²) >= 11 is 1.52. The molecule has 117 heavy (non-hydrogen) atoms. The highest BCUT2D eigenvalue weighted by Gasteiger charge is 2.66. The Hall–Kier alpha value is -11.5. The molecule has 9 amide bonds. The standard InChI is InChI=1S/C78H101N19O19S/c1-46-54-9-8-22-94(68(54)92-91-67(46)90-73-88-57-10-5-6-12-59(57)117-73)60-16-15-55(66(89-60)70(107)108)56-31-85-97(47(56)2)45-77-40-75(3)39-76(4,41-77)43-78(42-75,44-77)116-28-24-93(23-19-53(99)34-98)74(111)115-36-48-13-14-51(29-49(48)35-113-37-50(79)33-96(82)52(30-65(104)105)38-114-72(81)110)86-69(106)58(11-7-21-83-71(80)109)87-62(101)32-84-61(100)20-26-112-27-25-95-63(102)17-18-64(95)103/h5-6,10,12-18,29,31,33,52-53,58,98-99H,7-9,11,19-28,30,32,34-45,79,82H2,1-4H3,(H2,81,110)(H,84,100)(H,86,106)(H,87,101)(H,104,105)(H,107,108)(H3,80,83,109)(H,88,90,91)/b50-33-/t52-,53-,58-,75?,76?,77?,78?/m0/s1. The number of carboxylic acids is 2. The molecule has 6 aromatic rings. The molecule has 4 aliphatic carbocycles. The average Bonchev–Trinajstić information content (AvgIpc) is 1.01. The van der Waals surface area contributed by atoms with Crippen molar-refractivity contribution < 1.29 is 92.1 Å². The van der Waals surface area contributed by atoms with Gasteiger partial charge in [0.15, 0.2) is 22.5 Å². The van der Waals surface area contributed by atoms with Crippen LogP contribution in [0.25, 0.3) is 21.3 Å². The molecule has 4 saturated carbocycles. The molecule has 2 unspecified atom stereocenters. The number of rotatable bonds is 42. The number of aromatic carboxylic acids is 1. The van der Waals surface area contributed by atoms with Gasteiger partial charge in [0.25, 0.3) is 11.8 Å². The molecule has 5 atom stereocenters. The number of pyridine rings is 1. The first-order valence-electron chi connectivity index (χ1n) is 38.5. The number of nitrogens with two attached hydrogens (primary N) is 4. The number of hydrogen-bond acceptors (Lipinski definition) is 28. The van der Waals surface area contributed by atoms with Gasteiger partial charge in [-0.15, -0.1) is 10.2 Å². The van der Waals surface area contributed by atoms with Crippen molar-refractivity contribution in [3.63, 3.8) is 0 Å². The molecule has 6 heterocycles. The summed E-state index contributed by atoms with van der Waals surface area (Å²) in [6.07, 6.45) is 7.79. The van der Waals surface area contributed by atoms with Crippen LogP contribution in [0.4, 0.5) is 42.7 Å². The van der Waals surface area contributed by atoms with E-state index in [1.54, 1.807) is 18.3 Å². The highest BCUT2D eigenvalue weighted by Crippen LogP contribution is 2.72. The third-order valence-corrected chi connectivity index (χ3v) is 22.5. The Morgan fingerprint density at radius 3 is 2.29 bits per heavy atom. The van der Waals surface area contributed by atoms with Crippen molar-refractivity contribution in [1.82, 2.24) is 60.7 Å². The van der Waals surface area contributed by atoms with Gasteiger partial charge in [-0.05, 0) is 148 Å². The summed E-state index contributed by atoms with van der Waals surface area (Å²) in [5, 5.41) is 70.4. The highest BCUT2D eigenvalue weighted by atomic mass is 32.1. The molecule has 0 saturated heterocycles. The lowest BCUT2D eigenvalue weighted by atomic mass is 9.39. The van der Waals surface area contributed by atoms with Crippen molar-refractivity contribution in [2.75, 3.05) is 94.4 Å². The lowest BCUT2D eigenvalue weighted by Gasteiger charge is -2.69. The Labute approximate surface area is 677 Å². The van der Waals surface area contributed by atoms with Crippen LogP contribution in [0.2, 0.25) is 0 Å². The van der Waals surface area contributed by atoms with Crippen LogP contribution in [0.1, 0.15) is 129 Å². The summed E-state index contributed by atoms with van der Waals surface area (Å²) in [7, 11) is 0. The van der Waals surface area contributed by atoms with Gasteiger partial charge in [-0.3, -0.25) is 38.3 Å². The fourth-order valence-corrected chi connectivity index (χ4v) is 18.3. The van der Waals surface area contributed by atoms with Crippen LogP contribution in [0.3, 0.4) is 0 Å². The minimum atomic E-state index is -1.27. The van der Waals surface area contributed by atoms with Crippen molar-refractivity contribution in [3.8, 4) is 11.1 Å². The number of primary amides is 2. The zero-order chi connectivity index (χ0) is 83.9. The number of ether oxygens (including phenoxy) is 5. The van der Waals surface area contributed by atoms with Crippen molar-refractivity contribution in [3.05, 3.63) is 118 Å². The smallest absolute Gasteiger partial charge is 0.410 e. The van der Waals surface area contributed by atoms with Crippen LogP contribution in [-0.2, 0) is 78.6 Å². The number of aromatic nitrogens is 6.